The molecule has 0 unspecified atom stereocenters. The van der Waals surface area contributed by atoms with Crippen molar-refractivity contribution in [2.45, 2.75) is 26.2 Å². The van der Waals surface area contributed by atoms with Crippen molar-refractivity contribution in [2.75, 3.05) is 5.32 Å². The van der Waals surface area contributed by atoms with E-state index in [9.17, 15) is 4.79 Å². The zero-order valence-electron chi connectivity index (χ0n) is 11.7. The molecule has 0 heterocycles. The molecule has 0 spiro atoms. The van der Waals surface area contributed by atoms with Crippen molar-refractivity contribution in [3.63, 3.8) is 0 Å². The topological polar surface area (TPSA) is 29.1 Å². The van der Waals surface area contributed by atoms with Crippen LogP contribution in [0.15, 0.2) is 48.5 Å². The van der Waals surface area contributed by atoms with Crippen LogP contribution in [0.4, 0.5) is 5.69 Å². The molecular weight excluding hydrogens is 246 g/mol. The van der Waals surface area contributed by atoms with Crippen molar-refractivity contribution in [1.29, 1.82) is 0 Å². The molecule has 1 N–H and O–H groups in total. The van der Waals surface area contributed by atoms with Gasteiger partial charge in [0.2, 0.25) is 0 Å². The molecule has 2 nitrogen and oxygen atoms in total. The molecule has 0 saturated heterocycles. The van der Waals surface area contributed by atoms with Gasteiger partial charge in [-0.2, -0.15) is 0 Å². The monoisotopic (exact) mass is 265 g/mol. The van der Waals surface area contributed by atoms with Crippen LogP contribution in [0.1, 0.15) is 34.3 Å². The van der Waals surface area contributed by atoms with Gasteiger partial charge < -0.3 is 5.32 Å². The standard InChI is InChI=1S/C18H19NO/c1-13-6-10-15(11-7-13)18(20)19-17-5-3-2-4-16(17)12-14-8-9-14/h2-7,10-11,14H,8-9,12H2,1H3,(H,19,20). The minimum atomic E-state index is -0.0340. The Morgan fingerprint density at radius 2 is 1.80 bits per heavy atom. The summed E-state index contributed by atoms with van der Waals surface area (Å²) >= 11 is 0. The van der Waals surface area contributed by atoms with Gasteiger partial charge in [0.05, 0.1) is 0 Å². The number of amides is 1. The second-order valence-corrected chi connectivity index (χ2v) is 5.62. The third-order valence-corrected chi connectivity index (χ3v) is 3.78. The fourth-order valence-electron chi connectivity index (χ4n) is 2.35. The lowest BCUT2D eigenvalue weighted by molar-refractivity contribution is 0.102. The number of nitrogens with one attached hydrogen (secondary N) is 1. The Morgan fingerprint density at radius 1 is 1.10 bits per heavy atom. The molecule has 2 heteroatoms. The highest BCUT2D eigenvalue weighted by atomic mass is 16.1. The van der Waals surface area contributed by atoms with E-state index < -0.39 is 0 Å². The maximum Gasteiger partial charge on any atom is 0.255 e. The molecule has 0 radical (unpaired) electrons. The van der Waals surface area contributed by atoms with Crippen LogP contribution in [0.2, 0.25) is 0 Å². The molecule has 0 aromatic heterocycles. The first kappa shape index (κ1) is 12.9. The first-order valence-corrected chi connectivity index (χ1v) is 7.18. The largest absolute Gasteiger partial charge is 0.322 e. The summed E-state index contributed by atoms with van der Waals surface area (Å²) in [6.45, 7) is 2.02. The van der Waals surface area contributed by atoms with Gasteiger partial charge in [-0.3, -0.25) is 4.79 Å². The molecule has 1 aliphatic carbocycles. The Morgan fingerprint density at radius 3 is 2.50 bits per heavy atom. The van der Waals surface area contributed by atoms with E-state index in [-0.39, 0.29) is 5.91 Å². The summed E-state index contributed by atoms with van der Waals surface area (Å²) in [6, 6.07) is 15.8. The summed E-state index contributed by atoms with van der Waals surface area (Å²) in [5, 5.41) is 3.04. The maximum atomic E-state index is 12.3. The van der Waals surface area contributed by atoms with Gasteiger partial charge in [0.1, 0.15) is 0 Å². The third kappa shape index (κ3) is 3.08. The lowest BCUT2D eigenvalue weighted by Crippen LogP contribution is -2.13. The first-order chi connectivity index (χ1) is 9.72. The molecule has 102 valence electrons. The number of hydrogen-bond acceptors (Lipinski definition) is 1. The molecule has 0 bridgehead atoms. The molecular formula is C18H19NO. The summed E-state index contributed by atoms with van der Waals surface area (Å²) < 4.78 is 0. The highest BCUT2D eigenvalue weighted by Crippen LogP contribution is 2.34. The van der Waals surface area contributed by atoms with Crippen molar-refractivity contribution in [2.24, 2.45) is 5.92 Å². The van der Waals surface area contributed by atoms with Gasteiger partial charge in [-0.05, 0) is 55.9 Å². The molecule has 3 rings (SSSR count). The van der Waals surface area contributed by atoms with E-state index >= 15 is 0 Å². The van der Waals surface area contributed by atoms with E-state index in [0.717, 1.165) is 23.6 Å². The number of rotatable bonds is 4. The number of para-hydroxylation sites is 1. The van der Waals surface area contributed by atoms with Crippen LogP contribution < -0.4 is 5.32 Å². The molecule has 20 heavy (non-hydrogen) atoms. The molecule has 2 aromatic carbocycles. The fraction of sp³-hybridized carbons (Fsp3) is 0.278. The van der Waals surface area contributed by atoms with Crippen LogP contribution in [0, 0.1) is 12.8 Å². The van der Waals surface area contributed by atoms with Crippen molar-refractivity contribution in [1.82, 2.24) is 0 Å². The zero-order valence-corrected chi connectivity index (χ0v) is 11.7. The van der Waals surface area contributed by atoms with Gasteiger partial charge in [-0.25, -0.2) is 0 Å². The van der Waals surface area contributed by atoms with E-state index in [4.69, 9.17) is 0 Å². The first-order valence-electron chi connectivity index (χ1n) is 7.18. The minimum Gasteiger partial charge on any atom is -0.322 e. The van der Waals surface area contributed by atoms with Crippen molar-refractivity contribution < 1.29 is 4.79 Å². The van der Waals surface area contributed by atoms with Gasteiger partial charge in [0, 0.05) is 11.3 Å². The molecule has 0 aliphatic heterocycles. The van der Waals surface area contributed by atoms with E-state index in [1.807, 2.05) is 49.4 Å². The van der Waals surface area contributed by atoms with Gasteiger partial charge in [0.25, 0.3) is 5.91 Å². The zero-order chi connectivity index (χ0) is 13.9. The number of hydrogen-bond donors (Lipinski definition) is 1. The lowest BCUT2D eigenvalue weighted by Gasteiger charge is -2.11. The second kappa shape index (κ2) is 5.49. The third-order valence-electron chi connectivity index (χ3n) is 3.78. The van der Waals surface area contributed by atoms with Gasteiger partial charge in [0.15, 0.2) is 0 Å². The van der Waals surface area contributed by atoms with Crippen LogP contribution in [0.5, 0.6) is 0 Å². The van der Waals surface area contributed by atoms with Crippen LogP contribution >= 0.6 is 0 Å². The lowest BCUT2D eigenvalue weighted by atomic mass is 10.1. The van der Waals surface area contributed by atoms with E-state index in [0.29, 0.717) is 5.56 Å². The summed E-state index contributed by atoms with van der Waals surface area (Å²) in [4.78, 5) is 12.3. The maximum absolute atomic E-state index is 12.3. The number of carbonyl (C=O) groups is 1. The van der Waals surface area contributed by atoms with Gasteiger partial charge in [-0.15, -0.1) is 0 Å². The van der Waals surface area contributed by atoms with Gasteiger partial charge >= 0.3 is 0 Å². The highest BCUT2D eigenvalue weighted by molar-refractivity contribution is 6.04. The smallest absolute Gasteiger partial charge is 0.255 e. The summed E-state index contributed by atoms with van der Waals surface area (Å²) in [5.41, 5.74) is 4.06. The number of carbonyl (C=O) groups excluding carboxylic acids is 1. The minimum absolute atomic E-state index is 0.0340. The summed E-state index contributed by atoms with van der Waals surface area (Å²) in [5.74, 6) is 0.778. The number of aryl methyl sites for hydroxylation is 1. The predicted molar refractivity (Wildman–Crippen MR) is 82.0 cm³/mol. The van der Waals surface area contributed by atoms with E-state index in [1.54, 1.807) is 0 Å². The quantitative estimate of drug-likeness (QED) is 0.882. The Labute approximate surface area is 119 Å². The SMILES string of the molecule is Cc1ccc(C(=O)Nc2ccccc2CC2CC2)cc1. The molecule has 2 aromatic rings. The van der Waals surface area contributed by atoms with Crippen molar-refractivity contribution in [3.8, 4) is 0 Å². The second-order valence-electron chi connectivity index (χ2n) is 5.62. The molecule has 1 fully saturated rings. The highest BCUT2D eigenvalue weighted by Gasteiger charge is 2.22. The summed E-state index contributed by atoms with van der Waals surface area (Å²) in [6.07, 6.45) is 3.71. The van der Waals surface area contributed by atoms with Crippen molar-refractivity contribution in [3.05, 3.63) is 65.2 Å². The fourth-order valence-corrected chi connectivity index (χ4v) is 2.35. The van der Waals surface area contributed by atoms with Crippen LogP contribution in [0.3, 0.4) is 0 Å². The molecule has 0 atom stereocenters. The van der Waals surface area contributed by atoms with Crippen LogP contribution in [-0.2, 0) is 6.42 Å². The number of benzene rings is 2. The summed E-state index contributed by atoms with van der Waals surface area (Å²) in [7, 11) is 0. The Hall–Kier alpha value is -2.09. The van der Waals surface area contributed by atoms with Crippen LogP contribution in [-0.4, -0.2) is 5.91 Å². The Kier molecular flexibility index (Phi) is 3.55. The normalized spacial score (nSPS) is 14.1. The number of anilines is 1. The Bertz CT molecular complexity index is 612. The Balaban J connectivity index is 1.76. The predicted octanol–water partition coefficient (Wildman–Crippen LogP) is 4.20. The van der Waals surface area contributed by atoms with Crippen molar-refractivity contribution >= 4 is 11.6 Å². The van der Waals surface area contributed by atoms with Crippen LogP contribution in [0.25, 0.3) is 0 Å². The molecule has 1 saturated carbocycles. The van der Waals surface area contributed by atoms with E-state index in [2.05, 4.69) is 11.4 Å². The van der Waals surface area contributed by atoms with Gasteiger partial charge in [-0.1, -0.05) is 35.9 Å². The average molecular weight is 265 g/mol. The van der Waals surface area contributed by atoms with E-state index in [1.165, 1.54) is 18.4 Å². The molecule has 1 amide bonds. The molecule has 1 aliphatic rings. The average Bonchev–Trinajstić information content (AvgIpc) is 3.26.